The summed E-state index contributed by atoms with van der Waals surface area (Å²) < 4.78 is 17.9. The van der Waals surface area contributed by atoms with Crippen molar-refractivity contribution in [2.75, 3.05) is 11.9 Å². The van der Waals surface area contributed by atoms with Crippen molar-refractivity contribution in [2.24, 2.45) is 0 Å². The van der Waals surface area contributed by atoms with Gasteiger partial charge in [0, 0.05) is 10.7 Å². The minimum Gasteiger partial charge on any atom is -0.484 e. The van der Waals surface area contributed by atoms with Crippen LogP contribution in [0, 0.1) is 5.82 Å². The molecular formula is C14H11ClFNO2. The first-order valence-corrected chi connectivity index (χ1v) is 5.95. The van der Waals surface area contributed by atoms with Crippen molar-refractivity contribution in [1.82, 2.24) is 0 Å². The first-order valence-electron chi connectivity index (χ1n) is 5.57. The van der Waals surface area contributed by atoms with Gasteiger partial charge in [0.2, 0.25) is 0 Å². The van der Waals surface area contributed by atoms with Crippen molar-refractivity contribution in [3.63, 3.8) is 0 Å². The molecule has 0 saturated carbocycles. The lowest BCUT2D eigenvalue weighted by atomic mass is 10.3. The van der Waals surface area contributed by atoms with E-state index in [0.717, 1.165) is 0 Å². The molecule has 0 aliphatic carbocycles. The molecule has 0 aromatic heterocycles. The van der Waals surface area contributed by atoms with Crippen molar-refractivity contribution >= 4 is 23.2 Å². The normalized spacial score (nSPS) is 10.0. The zero-order valence-corrected chi connectivity index (χ0v) is 10.7. The minimum absolute atomic E-state index is 0.145. The molecule has 1 N–H and O–H groups in total. The predicted octanol–water partition coefficient (Wildman–Crippen LogP) is 3.50. The van der Waals surface area contributed by atoms with Gasteiger partial charge in [-0.3, -0.25) is 4.79 Å². The number of benzene rings is 2. The average Bonchev–Trinajstić information content (AvgIpc) is 2.41. The Labute approximate surface area is 115 Å². The molecule has 0 heterocycles. The highest BCUT2D eigenvalue weighted by Crippen LogP contribution is 2.14. The van der Waals surface area contributed by atoms with Crippen molar-refractivity contribution in [3.05, 3.63) is 59.4 Å². The number of hydrogen-bond donors (Lipinski definition) is 1. The fourth-order valence-corrected chi connectivity index (χ4v) is 1.54. The minimum atomic E-state index is -0.349. The topological polar surface area (TPSA) is 38.3 Å². The van der Waals surface area contributed by atoms with Crippen molar-refractivity contribution in [3.8, 4) is 5.75 Å². The maximum Gasteiger partial charge on any atom is 0.262 e. The molecule has 0 bridgehead atoms. The van der Waals surface area contributed by atoms with Gasteiger partial charge in [-0.1, -0.05) is 11.6 Å². The molecule has 0 radical (unpaired) electrons. The number of nitrogens with one attached hydrogen (secondary N) is 1. The van der Waals surface area contributed by atoms with Gasteiger partial charge in [-0.05, 0) is 48.5 Å². The highest BCUT2D eigenvalue weighted by molar-refractivity contribution is 6.30. The first kappa shape index (κ1) is 13.4. The highest BCUT2D eigenvalue weighted by atomic mass is 35.5. The van der Waals surface area contributed by atoms with Gasteiger partial charge >= 0.3 is 0 Å². The molecule has 5 heteroatoms. The summed E-state index contributed by atoms with van der Waals surface area (Å²) in [7, 11) is 0. The summed E-state index contributed by atoms with van der Waals surface area (Å²) in [5, 5.41) is 3.25. The first-order chi connectivity index (χ1) is 9.13. The van der Waals surface area contributed by atoms with Gasteiger partial charge in [-0.15, -0.1) is 0 Å². The smallest absolute Gasteiger partial charge is 0.262 e. The maximum absolute atomic E-state index is 12.7. The monoisotopic (exact) mass is 279 g/mol. The molecule has 0 spiro atoms. The van der Waals surface area contributed by atoms with Gasteiger partial charge < -0.3 is 10.1 Å². The summed E-state index contributed by atoms with van der Waals surface area (Å²) in [6.45, 7) is -0.145. The molecule has 98 valence electrons. The molecule has 2 aromatic carbocycles. The van der Waals surface area contributed by atoms with Crippen LogP contribution in [0.1, 0.15) is 0 Å². The van der Waals surface area contributed by atoms with E-state index in [1.807, 2.05) is 0 Å². The van der Waals surface area contributed by atoms with E-state index in [1.165, 1.54) is 24.3 Å². The van der Waals surface area contributed by atoms with Crippen molar-refractivity contribution in [2.45, 2.75) is 0 Å². The Balaban J connectivity index is 1.84. The van der Waals surface area contributed by atoms with Crippen LogP contribution in [0.2, 0.25) is 5.02 Å². The number of rotatable bonds is 4. The van der Waals surface area contributed by atoms with Crippen LogP contribution in [-0.4, -0.2) is 12.5 Å². The molecule has 0 saturated heterocycles. The standard InChI is InChI=1S/C14H11ClFNO2/c15-10-1-5-12(6-2-10)17-14(18)9-19-13-7-3-11(16)4-8-13/h1-8H,9H2,(H,17,18). The Morgan fingerprint density at radius 2 is 1.74 bits per heavy atom. The van der Waals surface area contributed by atoms with Gasteiger partial charge in [0.1, 0.15) is 11.6 Å². The summed E-state index contributed by atoms with van der Waals surface area (Å²) in [5.41, 5.74) is 0.636. The van der Waals surface area contributed by atoms with Crippen LogP contribution in [-0.2, 0) is 4.79 Å². The number of halogens is 2. The number of ether oxygens (including phenoxy) is 1. The van der Waals surface area contributed by atoms with Crippen molar-refractivity contribution in [1.29, 1.82) is 0 Å². The Bertz CT molecular complexity index is 555. The van der Waals surface area contributed by atoms with E-state index in [-0.39, 0.29) is 18.3 Å². The van der Waals surface area contributed by atoms with Gasteiger partial charge in [0.15, 0.2) is 6.61 Å². The fraction of sp³-hybridized carbons (Fsp3) is 0.0714. The second-order valence-corrected chi connectivity index (χ2v) is 4.23. The largest absolute Gasteiger partial charge is 0.484 e. The summed E-state index contributed by atoms with van der Waals surface area (Å²) in [6.07, 6.45) is 0. The number of hydrogen-bond acceptors (Lipinski definition) is 2. The molecule has 0 unspecified atom stereocenters. The van der Waals surface area contributed by atoms with Gasteiger partial charge in [0.05, 0.1) is 0 Å². The third-order valence-electron chi connectivity index (χ3n) is 2.31. The van der Waals surface area contributed by atoms with Crippen LogP contribution in [0.3, 0.4) is 0 Å². The average molecular weight is 280 g/mol. The molecule has 1 amide bonds. The molecule has 0 atom stereocenters. The molecule has 2 aromatic rings. The van der Waals surface area contributed by atoms with E-state index in [2.05, 4.69) is 5.32 Å². The number of carbonyl (C=O) groups excluding carboxylic acids is 1. The Morgan fingerprint density at radius 3 is 2.37 bits per heavy atom. The zero-order chi connectivity index (χ0) is 13.7. The number of anilines is 1. The van der Waals surface area contributed by atoms with Crippen LogP contribution < -0.4 is 10.1 Å². The predicted molar refractivity (Wildman–Crippen MR) is 72.0 cm³/mol. The lowest BCUT2D eigenvalue weighted by molar-refractivity contribution is -0.118. The second-order valence-electron chi connectivity index (χ2n) is 3.80. The summed E-state index contributed by atoms with van der Waals surface area (Å²) in [6, 6.07) is 12.2. The van der Waals surface area contributed by atoms with E-state index >= 15 is 0 Å². The Morgan fingerprint density at radius 1 is 1.11 bits per heavy atom. The fourth-order valence-electron chi connectivity index (χ4n) is 1.41. The molecule has 2 rings (SSSR count). The van der Waals surface area contributed by atoms with Gasteiger partial charge in [0.25, 0.3) is 5.91 Å². The molecule has 0 fully saturated rings. The number of amides is 1. The van der Waals surface area contributed by atoms with E-state index in [9.17, 15) is 9.18 Å². The van der Waals surface area contributed by atoms with Crippen molar-refractivity contribution < 1.29 is 13.9 Å². The Kier molecular flexibility index (Phi) is 4.36. The van der Waals surface area contributed by atoms with Crippen LogP contribution in [0.15, 0.2) is 48.5 Å². The van der Waals surface area contributed by atoms with E-state index in [0.29, 0.717) is 16.5 Å². The summed E-state index contributed by atoms with van der Waals surface area (Å²) in [4.78, 5) is 11.6. The lowest BCUT2D eigenvalue weighted by Gasteiger charge is -2.07. The van der Waals surface area contributed by atoms with Crippen LogP contribution in [0.25, 0.3) is 0 Å². The van der Waals surface area contributed by atoms with Gasteiger partial charge in [-0.2, -0.15) is 0 Å². The third kappa shape index (κ3) is 4.26. The zero-order valence-electron chi connectivity index (χ0n) is 9.90. The molecule has 0 aliphatic rings. The second kappa shape index (κ2) is 6.20. The van der Waals surface area contributed by atoms with Crippen LogP contribution in [0.5, 0.6) is 5.75 Å². The molecule has 3 nitrogen and oxygen atoms in total. The van der Waals surface area contributed by atoms with Gasteiger partial charge in [-0.25, -0.2) is 4.39 Å². The van der Waals surface area contributed by atoms with Crippen LogP contribution in [0.4, 0.5) is 10.1 Å². The lowest BCUT2D eigenvalue weighted by Crippen LogP contribution is -2.20. The number of carbonyl (C=O) groups is 1. The SMILES string of the molecule is O=C(COc1ccc(F)cc1)Nc1ccc(Cl)cc1. The van der Waals surface area contributed by atoms with E-state index in [1.54, 1.807) is 24.3 Å². The molecular weight excluding hydrogens is 269 g/mol. The van der Waals surface area contributed by atoms with E-state index in [4.69, 9.17) is 16.3 Å². The van der Waals surface area contributed by atoms with Crippen LogP contribution >= 0.6 is 11.6 Å². The molecule has 19 heavy (non-hydrogen) atoms. The quantitative estimate of drug-likeness (QED) is 0.930. The van der Waals surface area contributed by atoms with E-state index < -0.39 is 0 Å². The maximum atomic E-state index is 12.7. The third-order valence-corrected chi connectivity index (χ3v) is 2.56. The summed E-state index contributed by atoms with van der Waals surface area (Å²) in [5.74, 6) is -0.211. The highest BCUT2D eigenvalue weighted by Gasteiger charge is 2.03. The Hall–Kier alpha value is -2.07. The summed E-state index contributed by atoms with van der Waals surface area (Å²) >= 11 is 5.73. The molecule has 0 aliphatic heterocycles.